The SMILES string of the molecule is COCCn1cnnc1CN(C)Cc1cc(=O)n2nc(SC)sc2n1. The van der Waals surface area contributed by atoms with Gasteiger partial charge in [-0.3, -0.25) is 9.69 Å². The van der Waals surface area contributed by atoms with Gasteiger partial charge in [-0.2, -0.15) is 4.52 Å². The molecule has 9 nitrogen and oxygen atoms in total. The fraction of sp³-hybridized carbons (Fsp3) is 0.500. The van der Waals surface area contributed by atoms with Crippen LogP contribution in [0.2, 0.25) is 0 Å². The van der Waals surface area contributed by atoms with Crippen molar-refractivity contribution in [3.8, 4) is 0 Å². The number of aromatic nitrogens is 6. The van der Waals surface area contributed by atoms with Gasteiger partial charge >= 0.3 is 0 Å². The lowest BCUT2D eigenvalue weighted by molar-refractivity contribution is 0.184. The van der Waals surface area contributed by atoms with Crippen LogP contribution < -0.4 is 5.56 Å². The Morgan fingerprint density at radius 2 is 2.24 bits per heavy atom. The maximum Gasteiger partial charge on any atom is 0.275 e. The van der Waals surface area contributed by atoms with Gasteiger partial charge < -0.3 is 9.30 Å². The van der Waals surface area contributed by atoms with Crippen molar-refractivity contribution in [1.82, 2.24) is 34.3 Å². The summed E-state index contributed by atoms with van der Waals surface area (Å²) in [5.41, 5.74) is 0.556. The monoisotopic (exact) mass is 381 g/mol. The number of nitrogens with zero attached hydrogens (tertiary/aromatic N) is 7. The molecule has 3 rings (SSSR count). The van der Waals surface area contributed by atoms with E-state index in [2.05, 4.69) is 20.3 Å². The molecule has 0 spiro atoms. The van der Waals surface area contributed by atoms with E-state index in [0.717, 1.165) is 10.2 Å². The first-order valence-corrected chi connectivity index (χ1v) is 9.62. The van der Waals surface area contributed by atoms with Crippen LogP contribution in [0.5, 0.6) is 0 Å². The van der Waals surface area contributed by atoms with Crippen LogP contribution in [0.15, 0.2) is 21.5 Å². The van der Waals surface area contributed by atoms with Crippen molar-refractivity contribution in [3.63, 3.8) is 0 Å². The summed E-state index contributed by atoms with van der Waals surface area (Å²) in [5.74, 6) is 0.847. The lowest BCUT2D eigenvalue weighted by atomic mass is 10.3. The minimum Gasteiger partial charge on any atom is -0.383 e. The van der Waals surface area contributed by atoms with Crippen molar-refractivity contribution >= 4 is 28.1 Å². The zero-order valence-electron chi connectivity index (χ0n) is 14.2. The van der Waals surface area contributed by atoms with Crippen LogP contribution in [0.4, 0.5) is 0 Å². The minimum absolute atomic E-state index is 0.159. The molecule has 3 aromatic rings. The lowest BCUT2D eigenvalue weighted by Crippen LogP contribution is -2.23. The first-order valence-electron chi connectivity index (χ1n) is 7.58. The number of hydrogen-bond donors (Lipinski definition) is 0. The second-order valence-electron chi connectivity index (χ2n) is 5.46. The van der Waals surface area contributed by atoms with Gasteiger partial charge in [-0.05, 0) is 13.3 Å². The van der Waals surface area contributed by atoms with Crippen molar-refractivity contribution < 1.29 is 4.74 Å². The number of rotatable bonds is 8. The fourth-order valence-corrected chi connectivity index (χ4v) is 3.73. The molecule has 0 amide bonds. The number of fused-ring (bicyclic) bond motifs is 1. The Morgan fingerprint density at radius 3 is 3.00 bits per heavy atom. The van der Waals surface area contributed by atoms with Crippen LogP contribution in [0.25, 0.3) is 4.96 Å². The highest BCUT2D eigenvalue weighted by Gasteiger charge is 2.12. The Labute approximate surface area is 152 Å². The number of thioether (sulfide) groups is 1. The van der Waals surface area contributed by atoms with Gasteiger partial charge in [-0.1, -0.05) is 23.1 Å². The van der Waals surface area contributed by atoms with Crippen molar-refractivity contribution in [1.29, 1.82) is 0 Å². The van der Waals surface area contributed by atoms with E-state index >= 15 is 0 Å². The number of methoxy groups -OCH3 is 1. The zero-order chi connectivity index (χ0) is 17.8. The molecule has 0 aliphatic rings. The predicted octanol–water partition coefficient (Wildman–Crippen LogP) is 0.743. The summed E-state index contributed by atoms with van der Waals surface area (Å²) in [6, 6.07) is 1.53. The van der Waals surface area contributed by atoms with Gasteiger partial charge in [0.2, 0.25) is 4.96 Å². The smallest absolute Gasteiger partial charge is 0.275 e. The molecule has 25 heavy (non-hydrogen) atoms. The predicted molar refractivity (Wildman–Crippen MR) is 96.0 cm³/mol. The summed E-state index contributed by atoms with van der Waals surface area (Å²) in [4.78, 5) is 19.4. The Bertz CT molecular complexity index is 904. The number of ether oxygens (including phenoxy) is 1. The van der Waals surface area contributed by atoms with Crippen LogP contribution in [0.3, 0.4) is 0 Å². The van der Waals surface area contributed by atoms with E-state index in [1.807, 2.05) is 22.8 Å². The molecule has 0 unspecified atom stereocenters. The van der Waals surface area contributed by atoms with E-state index in [-0.39, 0.29) is 5.56 Å². The molecule has 0 atom stereocenters. The molecule has 0 aliphatic carbocycles. The Kier molecular flexibility index (Phi) is 5.78. The average Bonchev–Trinajstić information content (AvgIpc) is 3.19. The molecule has 0 N–H and O–H groups in total. The van der Waals surface area contributed by atoms with E-state index in [1.165, 1.54) is 33.7 Å². The van der Waals surface area contributed by atoms with Gasteiger partial charge in [0.15, 0.2) is 4.34 Å². The van der Waals surface area contributed by atoms with Crippen molar-refractivity contribution in [2.24, 2.45) is 0 Å². The van der Waals surface area contributed by atoms with Crippen molar-refractivity contribution in [3.05, 3.63) is 34.3 Å². The molecule has 0 bridgehead atoms. The van der Waals surface area contributed by atoms with Crippen LogP contribution in [0.1, 0.15) is 11.5 Å². The second kappa shape index (κ2) is 8.04. The van der Waals surface area contributed by atoms with Gasteiger partial charge in [0, 0.05) is 26.3 Å². The molecular formula is C14H19N7O2S2. The molecule has 3 heterocycles. The third-order valence-corrected chi connectivity index (χ3v) is 5.41. The highest BCUT2D eigenvalue weighted by atomic mass is 32.2. The van der Waals surface area contributed by atoms with Gasteiger partial charge in [0.25, 0.3) is 5.56 Å². The third-order valence-electron chi connectivity index (χ3n) is 3.53. The molecule has 0 aromatic carbocycles. The largest absolute Gasteiger partial charge is 0.383 e. The van der Waals surface area contributed by atoms with Gasteiger partial charge in [0.1, 0.15) is 12.2 Å². The quantitative estimate of drug-likeness (QED) is 0.528. The third kappa shape index (κ3) is 4.24. The number of hydrogen-bond acceptors (Lipinski definition) is 9. The van der Waals surface area contributed by atoms with Crippen LogP contribution in [-0.4, -0.2) is 61.3 Å². The summed E-state index contributed by atoms with van der Waals surface area (Å²) < 4.78 is 9.22. The molecule has 0 fully saturated rings. The van der Waals surface area contributed by atoms with Gasteiger partial charge in [-0.15, -0.1) is 15.3 Å². The first-order chi connectivity index (χ1) is 12.1. The van der Waals surface area contributed by atoms with E-state index in [9.17, 15) is 4.79 Å². The van der Waals surface area contributed by atoms with E-state index in [4.69, 9.17) is 4.74 Å². The van der Waals surface area contributed by atoms with E-state index in [0.29, 0.717) is 36.9 Å². The summed E-state index contributed by atoms with van der Waals surface area (Å²) in [6.45, 7) is 2.45. The molecular weight excluding hydrogens is 362 g/mol. The van der Waals surface area contributed by atoms with Crippen LogP contribution >= 0.6 is 23.1 Å². The van der Waals surface area contributed by atoms with Crippen LogP contribution in [-0.2, 0) is 24.4 Å². The van der Waals surface area contributed by atoms with Crippen molar-refractivity contribution in [2.75, 3.05) is 27.0 Å². The topological polar surface area (TPSA) is 90.4 Å². The second-order valence-corrected chi connectivity index (χ2v) is 7.47. The molecule has 134 valence electrons. The van der Waals surface area contributed by atoms with E-state index < -0.39 is 0 Å². The van der Waals surface area contributed by atoms with Gasteiger partial charge in [0.05, 0.1) is 18.8 Å². The first kappa shape index (κ1) is 18.0. The summed E-state index contributed by atoms with van der Waals surface area (Å²) in [5, 5.41) is 12.3. The summed E-state index contributed by atoms with van der Waals surface area (Å²) in [7, 11) is 3.62. The Balaban J connectivity index is 1.72. The molecule has 0 aliphatic heterocycles. The highest BCUT2D eigenvalue weighted by Crippen LogP contribution is 2.20. The Hall–Kier alpha value is -1.82. The minimum atomic E-state index is -0.159. The lowest BCUT2D eigenvalue weighted by Gasteiger charge is -2.16. The molecule has 3 aromatic heterocycles. The summed E-state index contributed by atoms with van der Waals surface area (Å²) in [6.07, 6.45) is 3.62. The zero-order valence-corrected chi connectivity index (χ0v) is 15.9. The summed E-state index contributed by atoms with van der Waals surface area (Å²) >= 11 is 2.92. The maximum absolute atomic E-state index is 12.2. The standard InChI is InChI=1S/C14H19N7O2S2/c1-19(8-11-17-15-9-20(11)4-5-23-2)7-10-6-12(22)21-13(16-10)25-14(18-21)24-3/h6,9H,4-5,7-8H2,1-3H3. The molecule has 0 radical (unpaired) electrons. The normalized spacial score (nSPS) is 11.7. The fourth-order valence-electron chi connectivity index (χ4n) is 2.35. The van der Waals surface area contributed by atoms with Crippen molar-refractivity contribution in [2.45, 2.75) is 24.0 Å². The van der Waals surface area contributed by atoms with Crippen LogP contribution in [0, 0.1) is 0 Å². The average molecular weight is 381 g/mol. The maximum atomic E-state index is 12.2. The van der Waals surface area contributed by atoms with E-state index in [1.54, 1.807) is 13.4 Å². The molecule has 0 saturated heterocycles. The molecule has 0 saturated carbocycles. The molecule has 11 heteroatoms. The highest BCUT2D eigenvalue weighted by molar-refractivity contribution is 8.00. The van der Waals surface area contributed by atoms with Gasteiger partial charge in [-0.25, -0.2) is 4.98 Å². The Morgan fingerprint density at radius 1 is 1.40 bits per heavy atom.